The number of hydrogen-bond donors (Lipinski definition) is 1. The molecule has 0 aliphatic carbocycles. The minimum absolute atomic E-state index is 0.319. The highest BCUT2D eigenvalue weighted by Gasteiger charge is 2.19. The van der Waals surface area contributed by atoms with Gasteiger partial charge in [-0.15, -0.1) is 0 Å². The molecule has 2 rings (SSSR count). The van der Waals surface area contributed by atoms with Crippen molar-refractivity contribution in [3.05, 3.63) is 35.9 Å². The third-order valence-corrected chi connectivity index (χ3v) is 4.00. The fourth-order valence-corrected chi connectivity index (χ4v) is 3.33. The van der Waals surface area contributed by atoms with Crippen LogP contribution < -0.4 is 5.32 Å². The molecule has 0 radical (unpaired) electrons. The molecule has 2 nitrogen and oxygen atoms in total. The summed E-state index contributed by atoms with van der Waals surface area (Å²) in [5.41, 5.74) is 1.31. The summed E-state index contributed by atoms with van der Waals surface area (Å²) in [5, 5.41) is 5.26. The van der Waals surface area contributed by atoms with Gasteiger partial charge in [-0.3, -0.25) is 4.99 Å². The molecule has 3 heteroatoms. The zero-order valence-corrected chi connectivity index (χ0v) is 11.5. The molecule has 0 bridgehead atoms. The molecule has 3 atom stereocenters. The average Bonchev–Trinajstić information content (AvgIpc) is 2.28. The molecule has 1 aromatic carbocycles. The van der Waals surface area contributed by atoms with Gasteiger partial charge in [-0.05, 0) is 25.8 Å². The largest absolute Gasteiger partial charge is 0.358 e. The maximum Gasteiger partial charge on any atom is 0.157 e. The van der Waals surface area contributed by atoms with Crippen LogP contribution in [0.2, 0.25) is 0 Å². The van der Waals surface area contributed by atoms with Gasteiger partial charge in [-0.2, -0.15) is 0 Å². The lowest BCUT2D eigenvalue weighted by Crippen LogP contribution is -2.30. The molecule has 17 heavy (non-hydrogen) atoms. The van der Waals surface area contributed by atoms with Crippen molar-refractivity contribution in [2.24, 2.45) is 4.99 Å². The van der Waals surface area contributed by atoms with Gasteiger partial charge in [0.1, 0.15) is 0 Å². The fourth-order valence-electron chi connectivity index (χ4n) is 2.08. The quantitative estimate of drug-likeness (QED) is 0.864. The van der Waals surface area contributed by atoms with E-state index in [2.05, 4.69) is 55.3 Å². The zero-order chi connectivity index (χ0) is 12.3. The first kappa shape index (κ1) is 12.5. The van der Waals surface area contributed by atoms with Crippen LogP contribution in [0.5, 0.6) is 0 Å². The van der Waals surface area contributed by atoms with Crippen molar-refractivity contribution >= 4 is 16.9 Å². The Morgan fingerprint density at radius 3 is 2.65 bits per heavy atom. The van der Waals surface area contributed by atoms with Crippen LogP contribution in [0, 0.1) is 0 Å². The number of rotatable bonds is 2. The molecule has 0 spiro atoms. The fraction of sp³-hybridized carbons (Fsp3) is 0.500. The number of thioether (sulfide) groups is 1. The van der Waals surface area contributed by atoms with Gasteiger partial charge in [0.25, 0.3) is 0 Å². The van der Waals surface area contributed by atoms with Crippen molar-refractivity contribution in [2.45, 2.75) is 44.5 Å². The highest BCUT2D eigenvalue weighted by atomic mass is 32.2. The normalized spacial score (nSPS) is 26.2. The van der Waals surface area contributed by atoms with Gasteiger partial charge >= 0.3 is 0 Å². The van der Waals surface area contributed by atoms with Crippen molar-refractivity contribution in [1.29, 1.82) is 0 Å². The Morgan fingerprint density at radius 1 is 1.29 bits per heavy atom. The average molecular weight is 248 g/mol. The van der Waals surface area contributed by atoms with Gasteiger partial charge in [-0.25, -0.2) is 0 Å². The van der Waals surface area contributed by atoms with E-state index in [0.717, 1.165) is 5.17 Å². The molecule has 0 amide bonds. The summed E-state index contributed by atoms with van der Waals surface area (Å²) in [6, 6.07) is 11.3. The molecule has 0 saturated heterocycles. The van der Waals surface area contributed by atoms with Crippen LogP contribution in [-0.2, 0) is 0 Å². The van der Waals surface area contributed by atoms with Crippen molar-refractivity contribution in [1.82, 2.24) is 5.32 Å². The molecule has 1 aliphatic rings. The molecule has 1 N–H and O–H groups in total. The van der Waals surface area contributed by atoms with Crippen molar-refractivity contribution in [2.75, 3.05) is 0 Å². The van der Waals surface area contributed by atoms with E-state index in [-0.39, 0.29) is 0 Å². The van der Waals surface area contributed by atoms with Crippen LogP contribution in [0.25, 0.3) is 0 Å². The van der Waals surface area contributed by atoms with E-state index < -0.39 is 0 Å². The molecule has 0 fully saturated rings. The minimum Gasteiger partial charge on any atom is -0.358 e. The van der Waals surface area contributed by atoms with Gasteiger partial charge in [-0.1, -0.05) is 49.0 Å². The Balaban J connectivity index is 2.02. The molecule has 3 unspecified atom stereocenters. The molecular formula is C14H20N2S. The van der Waals surface area contributed by atoms with E-state index in [1.54, 1.807) is 0 Å². The van der Waals surface area contributed by atoms with E-state index in [1.165, 1.54) is 12.0 Å². The van der Waals surface area contributed by atoms with Crippen molar-refractivity contribution in [3.8, 4) is 0 Å². The summed E-state index contributed by atoms with van der Waals surface area (Å²) in [6.07, 6.45) is 1.18. The second kappa shape index (κ2) is 5.58. The number of benzene rings is 1. The van der Waals surface area contributed by atoms with Crippen molar-refractivity contribution < 1.29 is 0 Å². The smallest absolute Gasteiger partial charge is 0.157 e. The maximum absolute atomic E-state index is 4.67. The third-order valence-electron chi connectivity index (χ3n) is 2.96. The Hall–Kier alpha value is -0.960. The monoisotopic (exact) mass is 248 g/mol. The van der Waals surface area contributed by atoms with E-state index in [0.29, 0.717) is 17.3 Å². The predicted octanol–water partition coefficient (Wildman–Crippen LogP) is 3.61. The maximum atomic E-state index is 4.67. The first-order valence-electron chi connectivity index (χ1n) is 6.21. The first-order valence-corrected chi connectivity index (χ1v) is 7.09. The SMILES string of the molecule is CC1CC(C)SC(NC(C)c2ccccc2)=N1. The lowest BCUT2D eigenvalue weighted by molar-refractivity contribution is 0.643. The van der Waals surface area contributed by atoms with Crippen LogP contribution in [-0.4, -0.2) is 16.5 Å². The summed E-state index contributed by atoms with van der Waals surface area (Å²) in [5.74, 6) is 0. The Labute approximate surface area is 108 Å². The molecule has 0 aromatic heterocycles. The van der Waals surface area contributed by atoms with Gasteiger partial charge in [0, 0.05) is 5.25 Å². The highest BCUT2D eigenvalue weighted by molar-refractivity contribution is 8.14. The predicted molar refractivity (Wildman–Crippen MR) is 76.6 cm³/mol. The van der Waals surface area contributed by atoms with Crippen LogP contribution in [0.15, 0.2) is 35.3 Å². The Morgan fingerprint density at radius 2 is 2.00 bits per heavy atom. The summed E-state index contributed by atoms with van der Waals surface area (Å²) in [6.45, 7) is 6.64. The van der Waals surface area contributed by atoms with E-state index in [4.69, 9.17) is 0 Å². The Kier molecular flexibility index (Phi) is 4.11. The lowest BCUT2D eigenvalue weighted by atomic mass is 10.1. The second-order valence-electron chi connectivity index (χ2n) is 4.72. The molecule has 1 heterocycles. The molecule has 0 saturated carbocycles. The molecular weight excluding hydrogens is 228 g/mol. The number of aliphatic imine (C=N–C) groups is 1. The first-order chi connectivity index (χ1) is 8.15. The summed E-state index contributed by atoms with van der Waals surface area (Å²) in [7, 11) is 0. The minimum atomic E-state index is 0.319. The van der Waals surface area contributed by atoms with E-state index in [9.17, 15) is 0 Å². The zero-order valence-electron chi connectivity index (χ0n) is 10.7. The van der Waals surface area contributed by atoms with Crippen LogP contribution >= 0.6 is 11.8 Å². The standard InChI is InChI=1S/C14H20N2S/c1-10-9-11(2)17-14(15-10)16-12(3)13-7-5-4-6-8-13/h4-8,10-12H,9H2,1-3H3,(H,15,16). The number of hydrogen-bond acceptors (Lipinski definition) is 3. The van der Waals surface area contributed by atoms with E-state index in [1.807, 2.05) is 17.8 Å². The van der Waals surface area contributed by atoms with Gasteiger partial charge in [0.2, 0.25) is 0 Å². The van der Waals surface area contributed by atoms with Crippen LogP contribution in [0.4, 0.5) is 0 Å². The summed E-state index contributed by atoms with van der Waals surface area (Å²) >= 11 is 1.85. The molecule has 1 aromatic rings. The van der Waals surface area contributed by atoms with Gasteiger partial charge in [0.15, 0.2) is 5.17 Å². The number of amidine groups is 1. The third kappa shape index (κ3) is 3.50. The summed E-state index contributed by atoms with van der Waals surface area (Å²) in [4.78, 5) is 4.67. The van der Waals surface area contributed by atoms with Crippen molar-refractivity contribution in [3.63, 3.8) is 0 Å². The van der Waals surface area contributed by atoms with E-state index >= 15 is 0 Å². The number of nitrogens with zero attached hydrogens (tertiary/aromatic N) is 1. The lowest BCUT2D eigenvalue weighted by Gasteiger charge is -2.25. The molecule has 1 aliphatic heterocycles. The molecule has 92 valence electrons. The van der Waals surface area contributed by atoms with Crippen LogP contribution in [0.3, 0.4) is 0 Å². The second-order valence-corrected chi connectivity index (χ2v) is 6.15. The topological polar surface area (TPSA) is 24.4 Å². The number of nitrogens with one attached hydrogen (secondary N) is 1. The van der Waals surface area contributed by atoms with Crippen LogP contribution in [0.1, 0.15) is 38.8 Å². The highest BCUT2D eigenvalue weighted by Crippen LogP contribution is 2.25. The Bertz CT molecular complexity index is 388. The summed E-state index contributed by atoms with van der Waals surface area (Å²) < 4.78 is 0. The van der Waals surface area contributed by atoms with Gasteiger partial charge in [0.05, 0.1) is 12.1 Å². The van der Waals surface area contributed by atoms with Gasteiger partial charge < -0.3 is 5.32 Å².